The van der Waals surface area contributed by atoms with Crippen LogP contribution in [0.5, 0.6) is 11.5 Å². The van der Waals surface area contributed by atoms with Gasteiger partial charge in [0.1, 0.15) is 13.2 Å². The van der Waals surface area contributed by atoms with Crippen molar-refractivity contribution in [2.45, 2.75) is 18.6 Å². The summed E-state index contributed by atoms with van der Waals surface area (Å²) in [7, 11) is 0. The monoisotopic (exact) mass is 329 g/mol. The number of hydrogen-bond donors (Lipinski definition) is 1. The molecular formula is C17H19N3O4. The Kier molecular flexibility index (Phi) is 4.18. The van der Waals surface area contributed by atoms with Crippen LogP contribution in [0.4, 0.5) is 0 Å². The number of nitrogens with one attached hydrogen (secondary N) is 1. The van der Waals surface area contributed by atoms with Gasteiger partial charge < -0.3 is 19.5 Å². The highest BCUT2D eigenvalue weighted by molar-refractivity contribution is 5.43. The van der Waals surface area contributed by atoms with Crippen LogP contribution in [0.1, 0.15) is 11.6 Å². The van der Waals surface area contributed by atoms with Gasteiger partial charge in [-0.1, -0.05) is 6.07 Å². The molecule has 1 aromatic heterocycles. The van der Waals surface area contributed by atoms with Crippen molar-refractivity contribution in [2.75, 3.05) is 26.4 Å². The van der Waals surface area contributed by atoms with E-state index >= 15 is 0 Å². The third-order valence-electron chi connectivity index (χ3n) is 4.28. The number of ether oxygens (including phenoxy) is 3. The molecule has 2 aliphatic heterocycles. The first kappa shape index (κ1) is 15.2. The van der Waals surface area contributed by atoms with Crippen molar-refractivity contribution < 1.29 is 14.2 Å². The molecule has 7 nitrogen and oxygen atoms in total. The first-order valence-electron chi connectivity index (χ1n) is 8.05. The molecule has 0 aliphatic carbocycles. The molecule has 2 aliphatic rings. The number of nitrogens with zero attached hydrogens (tertiary/aromatic N) is 2. The van der Waals surface area contributed by atoms with Crippen LogP contribution in [0.15, 0.2) is 41.3 Å². The Bertz CT molecular complexity index is 776. The van der Waals surface area contributed by atoms with Gasteiger partial charge in [0.25, 0.3) is 5.56 Å². The maximum Gasteiger partial charge on any atom is 0.267 e. The van der Waals surface area contributed by atoms with Crippen molar-refractivity contribution >= 4 is 0 Å². The van der Waals surface area contributed by atoms with E-state index in [1.54, 1.807) is 12.3 Å². The average Bonchev–Trinajstić information content (AvgIpc) is 3.08. The van der Waals surface area contributed by atoms with E-state index in [1.165, 1.54) is 10.7 Å². The highest BCUT2D eigenvalue weighted by Gasteiger charge is 2.30. The largest absolute Gasteiger partial charge is 0.486 e. The van der Waals surface area contributed by atoms with Gasteiger partial charge in [0, 0.05) is 18.8 Å². The molecule has 2 aromatic rings. The lowest BCUT2D eigenvalue weighted by Gasteiger charge is -2.21. The highest BCUT2D eigenvalue weighted by atomic mass is 16.6. The van der Waals surface area contributed by atoms with Gasteiger partial charge in [-0.05, 0) is 23.8 Å². The van der Waals surface area contributed by atoms with E-state index in [4.69, 9.17) is 14.2 Å². The summed E-state index contributed by atoms with van der Waals surface area (Å²) in [6.07, 6.45) is 1.62. The normalized spacial score (nSPS) is 22.5. The average molecular weight is 329 g/mol. The Hall–Kier alpha value is -2.38. The van der Waals surface area contributed by atoms with E-state index in [0.29, 0.717) is 33.0 Å². The predicted octanol–water partition coefficient (Wildman–Crippen LogP) is 0.744. The lowest BCUT2D eigenvalue weighted by atomic mass is 10.1. The summed E-state index contributed by atoms with van der Waals surface area (Å²) in [6.45, 7) is 2.85. The second kappa shape index (κ2) is 6.62. The molecule has 1 fully saturated rings. The number of aromatic nitrogens is 2. The van der Waals surface area contributed by atoms with Crippen LogP contribution in [0.25, 0.3) is 0 Å². The zero-order chi connectivity index (χ0) is 16.4. The zero-order valence-electron chi connectivity index (χ0n) is 13.2. The van der Waals surface area contributed by atoms with E-state index in [2.05, 4.69) is 10.4 Å². The molecule has 1 saturated heterocycles. The standard InChI is InChI=1S/C17H19N3O4/c21-17-2-1-5-19-20(17)14-11-22-10-13(14)18-9-12-3-4-15-16(8-12)24-7-6-23-15/h1-5,8,13-14,18H,6-7,9-11H2. The molecule has 24 heavy (non-hydrogen) atoms. The third kappa shape index (κ3) is 3.00. The Morgan fingerprint density at radius 3 is 2.92 bits per heavy atom. The number of fused-ring (bicyclic) bond motifs is 1. The predicted molar refractivity (Wildman–Crippen MR) is 86.4 cm³/mol. The SMILES string of the molecule is O=c1cccnn1C1COCC1NCc1ccc2c(c1)OCCO2. The molecule has 0 spiro atoms. The molecule has 0 saturated carbocycles. The summed E-state index contributed by atoms with van der Waals surface area (Å²) in [5.41, 5.74) is 0.984. The fraction of sp³-hybridized carbons (Fsp3) is 0.412. The number of rotatable bonds is 4. The van der Waals surface area contributed by atoms with Crippen LogP contribution in [0.3, 0.4) is 0 Å². The molecule has 7 heteroatoms. The smallest absolute Gasteiger partial charge is 0.267 e. The zero-order valence-corrected chi connectivity index (χ0v) is 13.2. The maximum absolute atomic E-state index is 12.0. The van der Waals surface area contributed by atoms with Crippen molar-refractivity contribution in [3.05, 3.63) is 52.4 Å². The molecule has 1 aromatic carbocycles. The number of hydrogen-bond acceptors (Lipinski definition) is 6. The minimum absolute atomic E-state index is 0.0331. The van der Waals surface area contributed by atoms with Crippen LogP contribution in [-0.2, 0) is 11.3 Å². The molecular weight excluding hydrogens is 310 g/mol. The Labute approximate surface area is 139 Å². The topological polar surface area (TPSA) is 74.6 Å². The van der Waals surface area contributed by atoms with Gasteiger partial charge in [0.15, 0.2) is 11.5 Å². The van der Waals surface area contributed by atoms with Gasteiger partial charge in [0.05, 0.1) is 25.3 Å². The van der Waals surface area contributed by atoms with E-state index < -0.39 is 0 Å². The molecule has 1 N–H and O–H groups in total. The fourth-order valence-corrected chi connectivity index (χ4v) is 3.04. The van der Waals surface area contributed by atoms with Crippen molar-refractivity contribution in [2.24, 2.45) is 0 Å². The van der Waals surface area contributed by atoms with Crippen LogP contribution in [0.2, 0.25) is 0 Å². The van der Waals surface area contributed by atoms with Crippen LogP contribution in [0, 0.1) is 0 Å². The van der Waals surface area contributed by atoms with E-state index in [0.717, 1.165) is 17.1 Å². The molecule has 126 valence electrons. The summed E-state index contributed by atoms with van der Waals surface area (Å²) in [6, 6.07) is 9.02. The summed E-state index contributed by atoms with van der Waals surface area (Å²) >= 11 is 0. The van der Waals surface area contributed by atoms with Gasteiger partial charge in [0.2, 0.25) is 0 Å². The van der Waals surface area contributed by atoms with Gasteiger partial charge in [-0.25, -0.2) is 4.68 Å². The van der Waals surface area contributed by atoms with Crippen molar-refractivity contribution in [3.63, 3.8) is 0 Å². The van der Waals surface area contributed by atoms with Crippen molar-refractivity contribution in [1.29, 1.82) is 0 Å². The lowest BCUT2D eigenvalue weighted by Crippen LogP contribution is -2.40. The Balaban J connectivity index is 1.45. The van der Waals surface area contributed by atoms with Crippen LogP contribution in [-0.4, -0.2) is 42.2 Å². The molecule has 0 amide bonds. The van der Waals surface area contributed by atoms with Gasteiger partial charge in [-0.15, -0.1) is 0 Å². The molecule has 2 unspecified atom stereocenters. The minimum atomic E-state index is -0.112. The van der Waals surface area contributed by atoms with Crippen LogP contribution < -0.4 is 20.3 Å². The van der Waals surface area contributed by atoms with Gasteiger partial charge >= 0.3 is 0 Å². The fourth-order valence-electron chi connectivity index (χ4n) is 3.04. The van der Waals surface area contributed by atoms with Crippen molar-refractivity contribution in [3.8, 4) is 11.5 Å². The molecule has 3 heterocycles. The minimum Gasteiger partial charge on any atom is -0.486 e. The number of benzene rings is 1. The Morgan fingerprint density at radius 2 is 2.04 bits per heavy atom. The second-order valence-corrected chi connectivity index (χ2v) is 5.88. The Morgan fingerprint density at radius 1 is 1.17 bits per heavy atom. The highest BCUT2D eigenvalue weighted by Crippen LogP contribution is 2.30. The summed E-state index contributed by atoms with van der Waals surface area (Å²) in [4.78, 5) is 12.0. The summed E-state index contributed by atoms with van der Waals surface area (Å²) in [5.74, 6) is 1.56. The second-order valence-electron chi connectivity index (χ2n) is 5.88. The first-order valence-corrected chi connectivity index (χ1v) is 8.05. The first-order chi connectivity index (χ1) is 11.8. The van der Waals surface area contributed by atoms with Crippen LogP contribution >= 0.6 is 0 Å². The lowest BCUT2D eigenvalue weighted by molar-refractivity contribution is 0.171. The van der Waals surface area contributed by atoms with E-state index in [-0.39, 0.29) is 17.6 Å². The molecule has 4 rings (SSSR count). The van der Waals surface area contributed by atoms with E-state index in [9.17, 15) is 4.79 Å². The molecule has 2 atom stereocenters. The molecule has 0 radical (unpaired) electrons. The van der Waals surface area contributed by atoms with E-state index in [1.807, 2.05) is 18.2 Å². The molecule has 0 bridgehead atoms. The summed E-state index contributed by atoms with van der Waals surface area (Å²) < 4.78 is 18.2. The third-order valence-corrected chi connectivity index (χ3v) is 4.28. The summed E-state index contributed by atoms with van der Waals surface area (Å²) in [5, 5.41) is 7.63. The van der Waals surface area contributed by atoms with Gasteiger partial charge in [-0.2, -0.15) is 5.10 Å². The van der Waals surface area contributed by atoms with Crippen molar-refractivity contribution in [1.82, 2.24) is 15.1 Å². The quantitative estimate of drug-likeness (QED) is 0.892. The van der Waals surface area contributed by atoms with Gasteiger partial charge in [-0.3, -0.25) is 4.79 Å². The maximum atomic E-state index is 12.0.